The molecule has 0 atom stereocenters. The molecule has 4 nitrogen and oxygen atoms in total. The van der Waals surface area contributed by atoms with Crippen molar-refractivity contribution in [2.45, 2.75) is 6.92 Å². The molecule has 14 heavy (non-hydrogen) atoms. The van der Waals surface area contributed by atoms with Crippen molar-refractivity contribution in [3.8, 4) is 5.75 Å². The number of fused-ring (bicyclic) bond motifs is 1. The van der Waals surface area contributed by atoms with E-state index in [1.54, 1.807) is 18.7 Å². The molecule has 0 unspecified atom stereocenters. The Kier molecular flexibility index (Phi) is 1.84. The van der Waals surface area contributed by atoms with Gasteiger partial charge in [-0.1, -0.05) is 0 Å². The summed E-state index contributed by atoms with van der Waals surface area (Å²) >= 11 is 0. The van der Waals surface area contributed by atoms with Crippen molar-refractivity contribution >= 4 is 11.0 Å². The lowest BCUT2D eigenvalue weighted by molar-refractivity contribution is 0.412. The van der Waals surface area contributed by atoms with E-state index in [0.29, 0.717) is 0 Å². The van der Waals surface area contributed by atoms with E-state index in [-0.39, 0.29) is 5.69 Å². The Morgan fingerprint density at radius 2 is 2.14 bits per heavy atom. The predicted molar refractivity (Wildman–Crippen MR) is 54.8 cm³/mol. The Bertz CT molecular complexity index is 537. The monoisotopic (exact) mass is 192 g/mol. The summed E-state index contributed by atoms with van der Waals surface area (Å²) in [4.78, 5) is 14.1. The van der Waals surface area contributed by atoms with Gasteiger partial charge in [0.15, 0.2) is 0 Å². The van der Waals surface area contributed by atoms with Gasteiger partial charge in [-0.15, -0.1) is 0 Å². The third-order valence-corrected chi connectivity index (χ3v) is 2.42. The van der Waals surface area contributed by atoms with Gasteiger partial charge in [-0.05, 0) is 18.6 Å². The molecule has 0 aliphatic rings. The van der Waals surface area contributed by atoms with Crippen LogP contribution in [-0.2, 0) is 7.05 Å². The third kappa shape index (κ3) is 1.11. The zero-order valence-electron chi connectivity index (χ0n) is 8.42. The number of hydrogen-bond donors (Lipinski definition) is 1. The molecule has 1 aromatic carbocycles. The maximum absolute atomic E-state index is 11.3. The predicted octanol–water partition coefficient (Wildman–Crippen LogP) is 1.18. The number of ether oxygens (including phenoxy) is 1. The maximum Gasteiger partial charge on any atom is 0.326 e. The fourth-order valence-electron chi connectivity index (χ4n) is 1.58. The van der Waals surface area contributed by atoms with Gasteiger partial charge >= 0.3 is 5.69 Å². The van der Waals surface area contributed by atoms with E-state index in [9.17, 15) is 4.79 Å². The topological polar surface area (TPSA) is 47.0 Å². The molecule has 1 heterocycles. The van der Waals surface area contributed by atoms with E-state index >= 15 is 0 Å². The van der Waals surface area contributed by atoms with Crippen molar-refractivity contribution in [3.05, 3.63) is 28.2 Å². The zero-order valence-corrected chi connectivity index (χ0v) is 8.42. The van der Waals surface area contributed by atoms with Crippen molar-refractivity contribution in [1.82, 2.24) is 9.55 Å². The summed E-state index contributed by atoms with van der Waals surface area (Å²) in [6, 6.07) is 3.78. The van der Waals surface area contributed by atoms with Gasteiger partial charge in [-0.3, -0.25) is 4.57 Å². The van der Waals surface area contributed by atoms with Crippen LogP contribution in [0.3, 0.4) is 0 Å². The molecule has 2 aromatic rings. The average molecular weight is 192 g/mol. The number of rotatable bonds is 1. The fraction of sp³-hybridized carbons (Fsp3) is 0.300. The minimum absolute atomic E-state index is 0.104. The molecular formula is C10H12N2O2. The number of hydrogen-bond acceptors (Lipinski definition) is 2. The Morgan fingerprint density at radius 3 is 2.79 bits per heavy atom. The van der Waals surface area contributed by atoms with Crippen LogP contribution in [-0.4, -0.2) is 16.7 Å². The number of benzene rings is 1. The molecule has 0 fully saturated rings. The van der Waals surface area contributed by atoms with Crippen molar-refractivity contribution in [3.63, 3.8) is 0 Å². The van der Waals surface area contributed by atoms with Crippen molar-refractivity contribution in [1.29, 1.82) is 0 Å². The summed E-state index contributed by atoms with van der Waals surface area (Å²) in [5, 5.41) is 0. The second kappa shape index (κ2) is 2.90. The SMILES string of the molecule is COc1cc2c(cc1C)[nH]c(=O)n2C. The number of aromatic amines is 1. The number of imidazole rings is 1. The van der Waals surface area contributed by atoms with Gasteiger partial charge in [-0.2, -0.15) is 0 Å². The molecule has 0 aliphatic carbocycles. The van der Waals surface area contributed by atoms with Crippen LogP contribution >= 0.6 is 0 Å². The molecular weight excluding hydrogens is 180 g/mol. The van der Waals surface area contributed by atoms with E-state index in [1.165, 1.54) is 0 Å². The highest BCUT2D eigenvalue weighted by molar-refractivity contribution is 5.78. The number of nitrogens with zero attached hydrogens (tertiary/aromatic N) is 1. The van der Waals surface area contributed by atoms with E-state index in [4.69, 9.17) is 4.74 Å². The largest absolute Gasteiger partial charge is 0.496 e. The van der Waals surface area contributed by atoms with Crippen LogP contribution in [0.15, 0.2) is 16.9 Å². The molecule has 0 radical (unpaired) electrons. The summed E-state index contributed by atoms with van der Waals surface area (Å²) in [5.41, 5.74) is 2.61. The normalized spacial score (nSPS) is 10.8. The number of nitrogens with one attached hydrogen (secondary N) is 1. The lowest BCUT2D eigenvalue weighted by atomic mass is 10.2. The summed E-state index contributed by atoms with van der Waals surface area (Å²) < 4.78 is 6.75. The molecule has 0 spiro atoms. The van der Waals surface area contributed by atoms with Crippen molar-refractivity contribution in [2.24, 2.45) is 7.05 Å². The van der Waals surface area contributed by atoms with Gasteiger partial charge in [0.2, 0.25) is 0 Å². The van der Waals surface area contributed by atoms with Gasteiger partial charge in [0, 0.05) is 13.1 Å². The van der Waals surface area contributed by atoms with E-state index in [1.807, 2.05) is 19.1 Å². The summed E-state index contributed by atoms with van der Waals surface area (Å²) in [6.45, 7) is 1.95. The Balaban J connectivity index is 2.87. The molecule has 74 valence electrons. The highest BCUT2D eigenvalue weighted by Gasteiger charge is 2.06. The fourth-order valence-corrected chi connectivity index (χ4v) is 1.58. The minimum atomic E-state index is -0.104. The first-order chi connectivity index (χ1) is 6.63. The molecule has 4 heteroatoms. The Labute approximate surface area is 81.1 Å². The second-order valence-corrected chi connectivity index (χ2v) is 3.33. The van der Waals surface area contributed by atoms with Gasteiger partial charge in [-0.25, -0.2) is 4.79 Å². The van der Waals surface area contributed by atoms with E-state index < -0.39 is 0 Å². The zero-order chi connectivity index (χ0) is 10.3. The third-order valence-electron chi connectivity index (χ3n) is 2.42. The summed E-state index contributed by atoms with van der Waals surface area (Å²) in [5.74, 6) is 0.798. The van der Waals surface area contributed by atoms with E-state index in [0.717, 1.165) is 22.3 Å². The Morgan fingerprint density at radius 1 is 1.43 bits per heavy atom. The van der Waals surface area contributed by atoms with Gasteiger partial charge in [0.1, 0.15) is 5.75 Å². The molecule has 1 N–H and O–H groups in total. The first-order valence-corrected chi connectivity index (χ1v) is 4.37. The first-order valence-electron chi connectivity index (χ1n) is 4.37. The maximum atomic E-state index is 11.3. The smallest absolute Gasteiger partial charge is 0.326 e. The standard InChI is InChI=1S/C10H12N2O2/c1-6-4-7-8(5-9(6)14-3)12(2)10(13)11-7/h4-5H,1-3H3,(H,11,13). The first kappa shape index (κ1) is 8.87. The Hall–Kier alpha value is -1.71. The molecule has 0 aliphatic heterocycles. The van der Waals surface area contributed by atoms with Crippen LogP contribution < -0.4 is 10.4 Å². The van der Waals surface area contributed by atoms with Crippen molar-refractivity contribution in [2.75, 3.05) is 7.11 Å². The van der Waals surface area contributed by atoms with E-state index in [2.05, 4.69) is 4.98 Å². The minimum Gasteiger partial charge on any atom is -0.496 e. The van der Waals surface area contributed by atoms with Crippen LogP contribution in [0.5, 0.6) is 5.75 Å². The average Bonchev–Trinajstić information content (AvgIpc) is 2.41. The van der Waals surface area contributed by atoms with Crippen molar-refractivity contribution < 1.29 is 4.74 Å². The number of H-pyrrole nitrogens is 1. The lowest BCUT2D eigenvalue weighted by Gasteiger charge is -2.04. The van der Waals surface area contributed by atoms with Crippen LogP contribution in [0.2, 0.25) is 0 Å². The summed E-state index contributed by atoms with van der Waals surface area (Å²) in [7, 11) is 3.36. The van der Waals surface area contributed by atoms with Crippen LogP contribution in [0, 0.1) is 6.92 Å². The molecule has 0 amide bonds. The van der Waals surface area contributed by atoms with Gasteiger partial charge in [0.05, 0.1) is 18.1 Å². The highest BCUT2D eigenvalue weighted by Crippen LogP contribution is 2.22. The molecule has 0 saturated heterocycles. The molecule has 2 rings (SSSR count). The van der Waals surface area contributed by atoms with Crippen LogP contribution in [0.25, 0.3) is 11.0 Å². The van der Waals surface area contributed by atoms with Gasteiger partial charge in [0.25, 0.3) is 0 Å². The van der Waals surface area contributed by atoms with Crippen LogP contribution in [0.1, 0.15) is 5.56 Å². The number of aromatic nitrogens is 2. The highest BCUT2D eigenvalue weighted by atomic mass is 16.5. The quantitative estimate of drug-likeness (QED) is 0.737. The summed E-state index contributed by atoms with van der Waals surface area (Å²) in [6.07, 6.45) is 0. The second-order valence-electron chi connectivity index (χ2n) is 3.33. The molecule has 0 bridgehead atoms. The lowest BCUT2D eigenvalue weighted by Crippen LogP contribution is -2.11. The van der Waals surface area contributed by atoms with Gasteiger partial charge < -0.3 is 9.72 Å². The number of methoxy groups -OCH3 is 1. The molecule has 1 aromatic heterocycles. The number of aryl methyl sites for hydroxylation is 2. The van der Waals surface area contributed by atoms with Crippen LogP contribution in [0.4, 0.5) is 0 Å². The molecule has 0 saturated carbocycles.